The molecule has 7 N–H and O–H groups in total. The number of primary amides is 1. The van der Waals surface area contributed by atoms with Crippen LogP contribution in [-0.2, 0) is 14.4 Å². The van der Waals surface area contributed by atoms with Gasteiger partial charge in [-0.05, 0) is 6.92 Å². The van der Waals surface area contributed by atoms with Crippen LogP contribution in [0.1, 0.15) is 13.3 Å². The van der Waals surface area contributed by atoms with Crippen molar-refractivity contribution in [2.24, 2.45) is 5.73 Å². The zero-order valence-corrected chi connectivity index (χ0v) is 9.08. The Morgan fingerprint density at radius 1 is 1.18 bits per heavy atom. The summed E-state index contributed by atoms with van der Waals surface area (Å²) in [6.07, 6.45) is -1.75. The lowest BCUT2D eigenvalue weighted by atomic mass is 10.2. The third-order valence-corrected chi connectivity index (χ3v) is 1.86. The summed E-state index contributed by atoms with van der Waals surface area (Å²) >= 11 is 0. The number of amides is 1. The normalized spacial score (nSPS) is 15.9. The molecule has 0 fully saturated rings. The van der Waals surface area contributed by atoms with Crippen LogP contribution in [-0.4, -0.2) is 51.4 Å². The topological polar surface area (TPSA) is 162 Å². The number of carbonyl (C=O) groups excluding carboxylic acids is 1. The van der Waals surface area contributed by atoms with E-state index in [1.807, 2.05) is 0 Å². The van der Waals surface area contributed by atoms with E-state index >= 15 is 0 Å². The third kappa shape index (κ3) is 5.80. The highest BCUT2D eigenvalue weighted by atomic mass is 16.4. The van der Waals surface area contributed by atoms with Crippen molar-refractivity contribution in [3.05, 3.63) is 0 Å². The van der Waals surface area contributed by atoms with Crippen LogP contribution in [0.15, 0.2) is 0 Å². The Morgan fingerprint density at radius 2 is 1.71 bits per heavy atom. The molecular formula is C8H15N3O6. The summed E-state index contributed by atoms with van der Waals surface area (Å²) in [5.74, 6) is -3.59. The highest BCUT2D eigenvalue weighted by Gasteiger charge is 2.26. The number of nitrogens with one attached hydrogen (secondary N) is 2. The van der Waals surface area contributed by atoms with Gasteiger partial charge in [-0.1, -0.05) is 0 Å². The largest absolute Gasteiger partial charge is 0.480 e. The van der Waals surface area contributed by atoms with Crippen molar-refractivity contribution in [2.45, 2.75) is 31.5 Å². The zero-order chi connectivity index (χ0) is 13.6. The summed E-state index contributed by atoms with van der Waals surface area (Å²) in [5, 5.41) is 26.5. The van der Waals surface area contributed by atoms with Crippen LogP contribution in [0.5, 0.6) is 0 Å². The molecule has 9 heteroatoms. The lowest BCUT2D eigenvalue weighted by Gasteiger charge is -2.20. The predicted molar refractivity (Wildman–Crippen MR) is 54.6 cm³/mol. The van der Waals surface area contributed by atoms with Crippen LogP contribution in [0.2, 0.25) is 0 Å². The van der Waals surface area contributed by atoms with Gasteiger partial charge in [-0.2, -0.15) is 0 Å². The van der Waals surface area contributed by atoms with Crippen molar-refractivity contribution in [3.63, 3.8) is 0 Å². The number of aliphatic carboxylic acids is 2. The van der Waals surface area contributed by atoms with Crippen molar-refractivity contribution in [2.75, 3.05) is 0 Å². The average Bonchev–Trinajstić information content (AvgIpc) is 2.14. The molecule has 0 radical (unpaired) electrons. The molecule has 0 aromatic heterocycles. The first-order chi connectivity index (χ1) is 7.75. The Balaban J connectivity index is 4.42. The van der Waals surface area contributed by atoms with Crippen LogP contribution in [0.4, 0.5) is 0 Å². The molecule has 0 aliphatic rings. The highest BCUT2D eigenvalue weighted by molar-refractivity contribution is 5.83. The van der Waals surface area contributed by atoms with Gasteiger partial charge in [-0.3, -0.25) is 14.4 Å². The molecule has 0 aliphatic carbocycles. The monoisotopic (exact) mass is 249 g/mol. The minimum Gasteiger partial charge on any atom is -0.480 e. The number of hydrazine groups is 1. The number of aliphatic hydroxyl groups is 1. The molecule has 0 aromatic rings. The summed E-state index contributed by atoms with van der Waals surface area (Å²) < 4.78 is 0. The Hall–Kier alpha value is -1.71. The molecule has 98 valence electrons. The Morgan fingerprint density at radius 3 is 2.00 bits per heavy atom. The SMILES string of the molecule is C[C@@H](O)[C@H](NN[C@@H](CC(N)=O)C(=O)O)C(=O)O. The second-order valence-electron chi connectivity index (χ2n) is 3.41. The maximum absolute atomic E-state index is 10.7. The maximum atomic E-state index is 10.7. The molecule has 0 unspecified atom stereocenters. The Kier molecular flexibility index (Phi) is 6.10. The number of hydrogen-bond acceptors (Lipinski definition) is 6. The lowest BCUT2D eigenvalue weighted by Crippen LogP contribution is -2.56. The number of hydrogen-bond donors (Lipinski definition) is 6. The number of carboxylic acid groups (broad SMARTS) is 2. The molecule has 3 atom stereocenters. The van der Waals surface area contributed by atoms with Gasteiger partial charge in [-0.25, -0.2) is 10.9 Å². The van der Waals surface area contributed by atoms with E-state index in [0.717, 1.165) is 0 Å². The Labute approximate surface area is 96.6 Å². The van der Waals surface area contributed by atoms with Crippen molar-refractivity contribution >= 4 is 17.8 Å². The van der Waals surface area contributed by atoms with E-state index < -0.39 is 42.5 Å². The van der Waals surface area contributed by atoms with E-state index in [-0.39, 0.29) is 0 Å². The summed E-state index contributed by atoms with van der Waals surface area (Å²) in [6.45, 7) is 1.22. The van der Waals surface area contributed by atoms with Gasteiger partial charge in [0.2, 0.25) is 5.91 Å². The number of nitrogens with two attached hydrogens (primary N) is 1. The summed E-state index contributed by atoms with van der Waals surface area (Å²) in [7, 11) is 0. The van der Waals surface area contributed by atoms with Crippen LogP contribution in [0.25, 0.3) is 0 Å². The highest BCUT2D eigenvalue weighted by Crippen LogP contribution is 1.94. The van der Waals surface area contributed by atoms with Gasteiger partial charge < -0.3 is 21.1 Å². The number of rotatable bonds is 8. The fraction of sp³-hybridized carbons (Fsp3) is 0.625. The van der Waals surface area contributed by atoms with E-state index in [1.165, 1.54) is 6.92 Å². The fourth-order valence-electron chi connectivity index (χ4n) is 0.980. The van der Waals surface area contributed by atoms with Crippen molar-refractivity contribution in [1.82, 2.24) is 10.9 Å². The molecule has 9 nitrogen and oxygen atoms in total. The molecule has 0 spiro atoms. The van der Waals surface area contributed by atoms with E-state index in [1.54, 1.807) is 0 Å². The van der Waals surface area contributed by atoms with Crippen LogP contribution >= 0.6 is 0 Å². The van der Waals surface area contributed by atoms with Crippen LogP contribution < -0.4 is 16.6 Å². The molecule has 0 aromatic carbocycles. The van der Waals surface area contributed by atoms with Gasteiger partial charge in [0.25, 0.3) is 0 Å². The lowest BCUT2D eigenvalue weighted by molar-refractivity contribution is -0.145. The first kappa shape index (κ1) is 15.3. The number of carbonyl (C=O) groups is 3. The van der Waals surface area contributed by atoms with Crippen LogP contribution in [0.3, 0.4) is 0 Å². The van der Waals surface area contributed by atoms with Gasteiger partial charge in [-0.15, -0.1) is 0 Å². The van der Waals surface area contributed by atoms with Crippen molar-refractivity contribution in [1.29, 1.82) is 0 Å². The smallest absolute Gasteiger partial charge is 0.324 e. The van der Waals surface area contributed by atoms with Gasteiger partial charge in [0.1, 0.15) is 12.1 Å². The van der Waals surface area contributed by atoms with E-state index in [9.17, 15) is 14.4 Å². The average molecular weight is 249 g/mol. The molecule has 1 amide bonds. The third-order valence-electron chi connectivity index (χ3n) is 1.86. The number of aliphatic hydroxyl groups excluding tert-OH is 1. The molecule has 17 heavy (non-hydrogen) atoms. The zero-order valence-electron chi connectivity index (χ0n) is 9.08. The quantitative estimate of drug-likeness (QED) is 0.252. The van der Waals surface area contributed by atoms with Gasteiger partial charge in [0, 0.05) is 0 Å². The van der Waals surface area contributed by atoms with Crippen LogP contribution in [0, 0.1) is 0 Å². The van der Waals surface area contributed by atoms with Crippen molar-refractivity contribution in [3.8, 4) is 0 Å². The first-order valence-electron chi connectivity index (χ1n) is 4.68. The predicted octanol–water partition coefficient (Wildman–Crippen LogP) is -2.76. The van der Waals surface area contributed by atoms with Crippen molar-refractivity contribution < 1.29 is 29.7 Å². The molecule has 0 heterocycles. The summed E-state index contributed by atoms with van der Waals surface area (Å²) in [4.78, 5) is 31.9. The van der Waals surface area contributed by atoms with Gasteiger partial charge in [0.15, 0.2) is 0 Å². The maximum Gasteiger partial charge on any atom is 0.324 e. The molecule has 0 saturated heterocycles. The minimum absolute atomic E-state index is 0.505. The molecule has 0 saturated carbocycles. The standard InChI is InChI=1S/C8H15N3O6/c1-3(12)6(8(16)17)11-10-4(7(14)15)2-5(9)13/h3-4,6,10-12H,2H2,1H3,(H2,9,13)(H,14,15)(H,16,17)/t3-,4+,6+/m1/s1. The second-order valence-corrected chi connectivity index (χ2v) is 3.41. The van der Waals surface area contributed by atoms with E-state index in [4.69, 9.17) is 21.1 Å². The van der Waals surface area contributed by atoms with Gasteiger partial charge >= 0.3 is 11.9 Å². The molecule has 0 aliphatic heterocycles. The minimum atomic E-state index is -1.40. The van der Waals surface area contributed by atoms with E-state index in [2.05, 4.69) is 10.9 Å². The summed E-state index contributed by atoms with van der Waals surface area (Å²) in [6, 6.07) is -2.77. The molecule has 0 bridgehead atoms. The first-order valence-corrected chi connectivity index (χ1v) is 4.68. The number of carboxylic acids is 2. The molecule has 0 rings (SSSR count). The summed E-state index contributed by atoms with van der Waals surface area (Å²) in [5.41, 5.74) is 9.06. The fourth-order valence-corrected chi connectivity index (χ4v) is 0.980. The Bertz CT molecular complexity index is 306. The van der Waals surface area contributed by atoms with Gasteiger partial charge in [0.05, 0.1) is 12.5 Å². The second kappa shape index (κ2) is 6.78. The molecular weight excluding hydrogens is 234 g/mol. The van der Waals surface area contributed by atoms with E-state index in [0.29, 0.717) is 0 Å².